The van der Waals surface area contributed by atoms with Crippen LogP contribution in [0.3, 0.4) is 0 Å². The Morgan fingerprint density at radius 1 is 1.22 bits per heavy atom. The number of rotatable bonds is 6. The molecular formula is C19H25FIN5O. The zero-order valence-electron chi connectivity index (χ0n) is 15.7. The standard InChI is InChI=1S/C19H24FN5O.HI/c1-14-4-9-17(23-12-14)24-18(26)10-11-22-19(21-2)25(3)13-15-5-7-16(20)8-6-15;/h4-9,12H,10-11,13H2,1-3H3,(H,21,22)(H,23,24,26);1H. The van der Waals surface area contributed by atoms with Gasteiger partial charge in [-0.3, -0.25) is 9.79 Å². The average Bonchev–Trinajstić information content (AvgIpc) is 2.62. The second-order valence-corrected chi connectivity index (χ2v) is 5.98. The Morgan fingerprint density at radius 2 is 1.93 bits per heavy atom. The highest BCUT2D eigenvalue weighted by atomic mass is 127. The van der Waals surface area contributed by atoms with Crippen molar-refractivity contribution in [1.82, 2.24) is 15.2 Å². The summed E-state index contributed by atoms with van der Waals surface area (Å²) in [5.74, 6) is 0.826. The minimum absolute atomic E-state index is 0. The van der Waals surface area contributed by atoms with E-state index in [4.69, 9.17) is 0 Å². The molecule has 6 nitrogen and oxygen atoms in total. The Labute approximate surface area is 176 Å². The Balaban J connectivity index is 0.00000364. The minimum atomic E-state index is -0.256. The molecular weight excluding hydrogens is 460 g/mol. The van der Waals surface area contributed by atoms with Gasteiger partial charge >= 0.3 is 0 Å². The zero-order chi connectivity index (χ0) is 18.9. The van der Waals surface area contributed by atoms with Crippen LogP contribution in [0.15, 0.2) is 47.6 Å². The van der Waals surface area contributed by atoms with Crippen molar-refractivity contribution in [3.8, 4) is 0 Å². The van der Waals surface area contributed by atoms with Crippen LogP contribution in [0.2, 0.25) is 0 Å². The fourth-order valence-electron chi connectivity index (χ4n) is 2.36. The van der Waals surface area contributed by atoms with Crippen LogP contribution in [-0.4, -0.2) is 42.4 Å². The second kappa shape index (κ2) is 11.5. The molecule has 1 aromatic heterocycles. The van der Waals surface area contributed by atoms with E-state index < -0.39 is 0 Å². The summed E-state index contributed by atoms with van der Waals surface area (Å²) in [6.07, 6.45) is 2.00. The van der Waals surface area contributed by atoms with Gasteiger partial charge in [0.15, 0.2) is 5.96 Å². The molecule has 0 spiro atoms. The predicted molar refractivity (Wildman–Crippen MR) is 117 cm³/mol. The zero-order valence-corrected chi connectivity index (χ0v) is 18.0. The molecule has 0 aliphatic rings. The van der Waals surface area contributed by atoms with E-state index in [0.29, 0.717) is 31.3 Å². The summed E-state index contributed by atoms with van der Waals surface area (Å²) < 4.78 is 13.0. The highest BCUT2D eigenvalue weighted by Crippen LogP contribution is 2.06. The van der Waals surface area contributed by atoms with Gasteiger partial charge in [0.25, 0.3) is 0 Å². The number of pyridine rings is 1. The van der Waals surface area contributed by atoms with E-state index in [1.807, 2.05) is 24.9 Å². The number of amides is 1. The lowest BCUT2D eigenvalue weighted by molar-refractivity contribution is -0.116. The molecule has 0 fully saturated rings. The third-order valence-corrected chi connectivity index (χ3v) is 3.72. The van der Waals surface area contributed by atoms with Crippen LogP contribution in [0.1, 0.15) is 17.5 Å². The monoisotopic (exact) mass is 485 g/mol. The van der Waals surface area contributed by atoms with Crippen molar-refractivity contribution in [2.75, 3.05) is 26.0 Å². The van der Waals surface area contributed by atoms with E-state index in [2.05, 4.69) is 20.6 Å². The maximum absolute atomic E-state index is 13.0. The van der Waals surface area contributed by atoms with E-state index in [-0.39, 0.29) is 35.7 Å². The second-order valence-electron chi connectivity index (χ2n) is 5.98. The van der Waals surface area contributed by atoms with Gasteiger partial charge in [0.1, 0.15) is 11.6 Å². The van der Waals surface area contributed by atoms with E-state index in [0.717, 1.165) is 11.1 Å². The fraction of sp³-hybridized carbons (Fsp3) is 0.316. The number of aromatic nitrogens is 1. The third kappa shape index (κ3) is 7.90. The predicted octanol–water partition coefficient (Wildman–Crippen LogP) is 3.18. The number of benzene rings is 1. The molecule has 1 heterocycles. The molecule has 0 aliphatic heterocycles. The summed E-state index contributed by atoms with van der Waals surface area (Å²) in [6, 6.07) is 10.0. The molecule has 1 amide bonds. The molecule has 0 atom stereocenters. The molecule has 146 valence electrons. The molecule has 0 radical (unpaired) electrons. The molecule has 27 heavy (non-hydrogen) atoms. The lowest BCUT2D eigenvalue weighted by atomic mass is 10.2. The largest absolute Gasteiger partial charge is 0.356 e. The number of hydrogen-bond donors (Lipinski definition) is 2. The van der Waals surface area contributed by atoms with Crippen molar-refractivity contribution in [3.05, 3.63) is 59.5 Å². The molecule has 1 aromatic carbocycles. The summed E-state index contributed by atoms with van der Waals surface area (Å²) >= 11 is 0. The van der Waals surface area contributed by atoms with Crippen molar-refractivity contribution < 1.29 is 9.18 Å². The number of hydrogen-bond acceptors (Lipinski definition) is 3. The quantitative estimate of drug-likeness (QED) is 0.375. The number of anilines is 1. The topological polar surface area (TPSA) is 69.6 Å². The van der Waals surface area contributed by atoms with Crippen LogP contribution in [0.4, 0.5) is 10.2 Å². The van der Waals surface area contributed by atoms with Crippen LogP contribution < -0.4 is 10.6 Å². The van der Waals surface area contributed by atoms with Crippen LogP contribution >= 0.6 is 24.0 Å². The molecule has 0 unspecified atom stereocenters. The van der Waals surface area contributed by atoms with Crippen LogP contribution in [0, 0.1) is 12.7 Å². The van der Waals surface area contributed by atoms with Crippen LogP contribution in [0.25, 0.3) is 0 Å². The number of halogens is 2. The van der Waals surface area contributed by atoms with Crippen LogP contribution in [-0.2, 0) is 11.3 Å². The minimum Gasteiger partial charge on any atom is -0.356 e. The number of carbonyl (C=O) groups is 1. The molecule has 2 aromatic rings. The highest BCUT2D eigenvalue weighted by molar-refractivity contribution is 14.0. The van der Waals surface area contributed by atoms with E-state index in [9.17, 15) is 9.18 Å². The smallest absolute Gasteiger partial charge is 0.227 e. The van der Waals surface area contributed by atoms with Crippen molar-refractivity contribution in [3.63, 3.8) is 0 Å². The maximum Gasteiger partial charge on any atom is 0.227 e. The van der Waals surface area contributed by atoms with Gasteiger partial charge in [0.2, 0.25) is 5.91 Å². The van der Waals surface area contributed by atoms with Gasteiger partial charge in [-0.1, -0.05) is 18.2 Å². The van der Waals surface area contributed by atoms with Gasteiger partial charge in [-0.05, 0) is 36.2 Å². The summed E-state index contributed by atoms with van der Waals surface area (Å²) in [5, 5.41) is 5.90. The van der Waals surface area contributed by atoms with Gasteiger partial charge in [-0.2, -0.15) is 0 Å². The highest BCUT2D eigenvalue weighted by Gasteiger charge is 2.08. The first kappa shape index (κ1) is 22.8. The summed E-state index contributed by atoms with van der Waals surface area (Å²) in [6.45, 7) is 2.97. The molecule has 0 aliphatic carbocycles. The molecule has 2 rings (SSSR count). The van der Waals surface area contributed by atoms with Crippen LogP contribution in [0.5, 0.6) is 0 Å². The van der Waals surface area contributed by atoms with Gasteiger partial charge in [0, 0.05) is 39.8 Å². The molecule has 0 saturated heterocycles. The third-order valence-electron chi connectivity index (χ3n) is 3.72. The van der Waals surface area contributed by atoms with E-state index in [1.54, 1.807) is 31.4 Å². The van der Waals surface area contributed by atoms with Gasteiger partial charge < -0.3 is 15.5 Å². The normalized spacial score (nSPS) is 10.7. The first-order valence-corrected chi connectivity index (χ1v) is 8.36. The number of nitrogens with zero attached hydrogens (tertiary/aromatic N) is 3. The molecule has 8 heteroatoms. The number of carbonyl (C=O) groups excluding carboxylic acids is 1. The SMILES string of the molecule is CN=C(NCCC(=O)Nc1ccc(C)cn1)N(C)Cc1ccc(F)cc1.I. The van der Waals surface area contributed by atoms with Gasteiger partial charge in [0.05, 0.1) is 0 Å². The van der Waals surface area contributed by atoms with E-state index >= 15 is 0 Å². The number of aryl methyl sites for hydroxylation is 1. The Morgan fingerprint density at radius 3 is 2.52 bits per heavy atom. The van der Waals surface area contributed by atoms with Crippen molar-refractivity contribution in [2.24, 2.45) is 4.99 Å². The number of guanidine groups is 1. The Hall–Kier alpha value is -2.23. The van der Waals surface area contributed by atoms with Gasteiger partial charge in [-0.25, -0.2) is 9.37 Å². The van der Waals surface area contributed by atoms with Crippen molar-refractivity contribution in [2.45, 2.75) is 19.9 Å². The fourth-order valence-corrected chi connectivity index (χ4v) is 2.36. The van der Waals surface area contributed by atoms with E-state index in [1.165, 1.54) is 12.1 Å². The Bertz CT molecular complexity index is 750. The lowest BCUT2D eigenvalue weighted by Crippen LogP contribution is -2.39. The average molecular weight is 485 g/mol. The number of aliphatic imine (C=N–C) groups is 1. The first-order valence-electron chi connectivity index (χ1n) is 8.36. The van der Waals surface area contributed by atoms with Crippen molar-refractivity contribution >= 4 is 41.7 Å². The Kier molecular flexibility index (Phi) is 9.70. The lowest BCUT2D eigenvalue weighted by Gasteiger charge is -2.22. The number of nitrogens with one attached hydrogen (secondary N) is 2. The summed E-state index contributed by atoms with van der Waals surface area (Å²) in [4.78, 5) is 22.2. The van der Waals surface area contributed by atoms with Gasteiger partial charge in [-0.15, -0.1) is 24.0 Å². The first-order chi connectivity index (χ1) is 12.5. The maximum atomic E-state index is 13.0. The summed E-state index contributed by atoms with van der Waals surface area (Å²) in [7, 11) is 3.56. The molecule has 2 N–H and O–H groups in total. The van der Waals surface area contributed by atoms with Crippen molar-refractivity contribution in [1.29, 1.82) is 0 Å². The molecule has 0 bridgehead atoms. The summed E-state index contributed by atoms with van der Waals surface area (Å²) in [5.41, 5.74) is 2.01. The molecule has 0 saturated carbocycles.